The van der Waals surface area contributed by atoms with E-state index in [4.69, 9.17) is 23.7 Å². The van der Waals surface area contributed by atoms with Gasteiger partial charge in [0, 0.05) is 11.6 Å². The smallest absolute Gasteiger partial charge is 0.344 e. The van der Waals surface area contributed by atoms with Crippen LogP contribution >= 0.6 is 0 Å². The van der Waals surface area contributed by atoms with Crippen LogP contribution in [0.4, 0.5) is 0 Å². The van der Waals surface area contributed by atoms with E-state index in [-0.39, 0.29) is 18.1 Å². The summed E-state index contributed by atoms with van der Waals surface area (Å²) >= 11 is 0. The fraction of sp³-hybridized carbons (Fsp3) is 0.304. The van der Waals surface area contributed by atoms with Crippen molar-refractivity contribution in [2.75, 3.05) is 20.8 Å². The van der Waals surface area contributed by atoms with Crippen LogP contribution in [0.5, 0.6) is 23.0 Å². The summed E-state index contributed by atoms with van der Waals surface area (Å²) in [6.45, 7) is 5.11. The van der Waals surface area contributed by atoms with Gasteiger partial charge in [0.15, 0.2) is 12.4 Å². The number of methoxy groups -OCH3 is 2. The van der Waals surface area contributed by atoms with Crippen molar-refractivity contribution >= 4 is 17.8 Å². The molecule has 30 heavy (non-hydrogen) atoms. The zero-order chi connectivity index (χ0) is 21.9. The van der Waals surface area contributed by atoms with E-state index in [1.807, 2.05) is 0 Å². The zero-order valence-electron chi connectivity index (χ0n) is 17.6. The predicted molar refractivity (Wildman–Crippen MR) is 110 cm³/mol. The maximum Gasteiger partial charge on any atom is 0.344 e. The SMILES string of the molecule is COc1ccc(OC)c(/C=C2\Oc3cc(OCC(=O)OC(C)(C)C)ccc3C2=O)c1. The number of hydrogen-bond acceptors (Lipinski definition) is 7. The molecule has 0 N–H and O–H groups in total. The molecule has 0 fully saturated rings. The number of rotatable bonds is 6. The maximum atomic E-state index is 12.7. The van der Waals surface area contributed by atoms with E-state index < -0.39 is 11.6 Å². The predicted octanol–water partition coefficient (Wildman–Crippen LogP) is 4.04. The first-order valence-corrected chi connectivity index (χ1v) is 9.35. The van der Waals surface area contributed by atoms with E-state index in [0.717, 1.165) is 0 Å². The number of hydrogen-bond donors (Lipinski definition) is 0. The highest BCUT2D eigenvalue weighted by atomic mass is 16.6. The zero-order valence-corrected chi connectivity index (χ0v) is 17.6. The lowest BCUT2D eigenvalue weighted by molar-refractivity contribution is -0.157. The van der Waals surface area contributed by atoms with Gasteiger partial charge in [-0.05, 0) is 57.2 Å². The molecule has 0 radical (unpaired) electrons. The minimum Gasteiger partial charge on any atom is -0.497 e. The van der Waals surface area contributed by atoms with Gasteiger partial charge in [0.05, 0.1) is 19.8 Å². The van der Waals surface area contributed by atoms with Crippen molar-refractivity contribution in [3.63, 3.8) is 0 Å². The second-order valence-corrected chi connectivity index (χ2v) is 7.58. The number of Topliss-reactive ketones (excluding diaryl/α,β-unsaturated/α-hetero) is 1. The summed E-state index contributed by atoms with van der Waals surface area (Å²) in [6.07, 6.45) is 1.60. The molecule has 158 valence electrons. The van der Waals surface area contributed by atoms with E-state index in [1.165, 1.54) is 0 Å². The Hall–Kier alpha value is -3.48. The van der Waals surface area contributed by atoms with Gasteiger partial charge >= 0.3 is 5.97 Å². The van der Waals surface area contributed by atoms with Crippen LogP contribution < -0.4 is 18.9 Å². The molecule has 0 atom stereocenters. The first-order valence-electron chi connectivity index (χ1n) is 9.35. The number of fused-ring (bicyclic) bond motifs is 1. The van der Waals surface area contributed by atoms with Gasteiger partial charge in [-0.1, -0.05) is 0 Å². The fourth-order valence-corrected chi connectivity index (χ4v) is 2.86. The van der Waals surface area contributed by atoms with Gasteiger partial charge in [0.1, 0.15) is 28.6 Å². The molecule has 1 aliphatic heterocycles. The van der Waals surface area contributed by atoms with Gasteiger partial charge in [-0.15, -0.1) is 0 Å². The minimum atomic E-state index is -0.589. The van der Waals surface area contributed by atoms with Crippen LogP contribution in [0.2, 0.25) is 0 Å². The molecule has 0 saturated carbocycles. The van der Waals surface area contributed by atoms with E-state index in [9.17, 15) is 9.59 Å². The second kappa shape index (κ2) is 8.49. The van der Waals surface area contributed by atoms with E-state index in [1.54, 1.807) is 77.5 Å². The van der Waals surface area contributed by atoms with Crippen molar-refractivity contribution in [3.8, 4) is 23.0 Å². The molecule has 0 aromatic heterocycles. The lowest BCUT2D eigenvalue weighted by atomic mass is 10.1. The average Bonchev–Trinajstić information content (AvgIpc) is 3.00. The molecule has 2 aromatic rings. The van der Waals surface area contributed by atoms with Crippen LogP contribution in [0.1, 0.15) is 36.7 Å². The Labute approximate surface area is 175 Å². The number of carbonyl (C=O) groups excluding carboxylic acids is 2. The topological polar surface area (TPSA) is 80.3 Å². The summed E-state index contributed by atoms with van der Waals surface area (Å²) in [4.78, 5) is 24.5. The van der Waals surface area contributed by atoms with Gasteiger partial charge in [-0.3, -0.25) is 4.79 Å². The van der Waals surface area contributed by atoms with Crippen molar-refractivity contribution in [3.05, 3.63) is 53.3 Å². The number of carbonyl (C=O) groups is 2. The van der Waals surface area contributed by atoms with Gasteiger partial charge in [0.25, 0.3) is 0 Å². The molecule has 3 rings (SSSR count). The summed E-state index contributed by atoms with van der Waals surface area (Å²) in [5.74, 6) is 1.38. The maximum absolute atomic E-state index is 12.7. The molecule has 0 aliphatic carbocycles. The molecule has 7 heteroatoms. The Bertz CT molecular complexity index is 999. The Morgan fingerprint density at radius 2 is 1.77 bits per heavy atom. The Morgan fingerprint density at radius 1 is 1.03 bits per heavy atom. The molecule has 0 bridgehead atoms. The lowest BCUT2D eigenvalue weighted by Gasteiger charge is -2.19. The van der Waals surface area contributed by atoms with E-state index in [2.05, 4.69) is 0 Å². The summed E-state index contributed by atoms with van der Waals surface area (Å²) < 4.78 is 27.0. The quantitative estimate of drug-likeness (QED) is 0.523. The van der Waals surface area contributed by atoms with Gasteiger partial charge < -0.3 is 23.7 Å². The average molecular weight is 412 g/mol. The highest BCUT2D eigenvalue weighted by Gasteiger charge is 2.28. The lowest BCUT2D eigenvalue weighted by Crippen LogP contribution is -2.27. The molecular formula is C23H24O7. The minimum absolute atomic E-state index is 0.154. The molecule has 0 unspecified atom stereocenters. The Kier molecular flexibility index (Phi) is 6.01. The molecule has 0 amide bonds. The summed E-state index contributed by atoms with van der Waals surface area (Å²) in [5, 5.41) is 0. The third-order valence-corrected chi connectivity index (χ3v) is 4.14. The largest absolute Gasteiger partial charge is 0.497 e. The fourth-order valence-electron chi connectivity index (χ4n) is 2.86. The summed E-state index contributed by atoms with van der Waals surface area (Å²) in [7, 11) is 3.11. The standard InChI is InChI=1S/C23H24O7/c1-23(2,3)30-21(24)13-28-16-6-8-17-19(12-16)29-20(22(17)25)11-14-10-15(26-4)7-9-18(14)27-5/h6-12H,13H2,1-5H3/b20-11-. The van der Waals surface area contributed by atoms with Crippen LogP contribution in [0.15, 0.2) is 42.2 Å². The molecule has 7 nitrogen and oxygen atoms in total. The molecule has 1 aliphatic rings. The summed E-state index contributed by atoms with van der Waals surface area (Å²) in [5.41, 5.74) is 0.469. The Balaban J connectivity index is 1.77. The van der Waals surface area contributed by atoms with Crippen LogP contribution in [0.25, 0.3) is 6.08 Å². The third-order valence-electron chi connectivity index (χ3n) is 4.14. The monoisotopic (exact) mass is 412 g/mol. The van der Waals surface area contributed by atoms with Gasteiger partial charge in [0.2, 0.25) is 5.78 Å². The number of benzene rings is 2. The van der Waals surface area contributed by atoms with E-state index >= 15 is 0 Å². The molecule has 2 aromatic carbocycles. The highest BCUT2D eigenvalue weighted by Crippen LogP contribution is 2.36. The van der Waals surface area contributed by atoms with Crippen LogP contribution in [0, 0.1) is 0 Å². The normalized spacial score (nSPS) is 14.2. The van der Waals surface area contributed by atoms with Crippen LogP contribution in [-0.2, 0) is 9.53 Å². The number of ketones is 1. The number of ether oxygens (including phenoxy) is 5. The first kappa shape index (κ1) is 21.2. The molecule has 0 spiro atoms. The molecular weight excluding hydrogens is 388 g/mol. The van der Waals surface area contributed by atoms with Crippen molar-refractivity contribution in [2.24, 2.45) is 0 Å². The van der Waals surface area contributed by atoms with Crippen LogP contribution in [-0.4, -0.2) is 38.2 Å². The number of esters is 1. The second-order valence-electron chi connectivity index (χ2n) is 7.58. The molecule has 1 heterocycles. The summed E-state index contributed by atoms with van der Waals surface area (Å²) in [6, 6.07) is 10.1. The van der Waals surface area contributed by atoms with E-state index in [0.29, 0.717) is 34.1 Å². The van der Waals surface area contributed by atoms with Crippen molar-refractivity contribution < 1.29 is 33.3 Å². The van der Waals surface area contributed by atoms with Crippen molar-refractivity contribution in [2.45, 2.75) is 26.4 Å². The van der Waals surface area contributed by atoms with Gasteiger partial charge in [-0.2, -0.15) is 0 Å². The number of allylic oxidation sites excluding steroid dienone is 1. The highest BCUT2D eigenvalue weighted by molar-refractivity contribution is 6.14. The third kappa shape index (κ3) is 4.92. The van der Waals surface area contributed by atoms with Crippen molar-refractivity contribution in [1.29, 1.82) is 0 Å². The van der Waals surface area contributed by atoms with Gasteiger partial charge in [-0.25, -0.2) is 4.79 Å². The Morgan fingerprint density at radius 3 is 2.43 bits per heavy atom. The molecule has 0 saturated heterocycles. The first-order chi connectivity index (χ1) is 14.2. The van der Waals surface area contributed by atoms with Crippen LogP contribution in [0.3, 0.4) is 0 Å². The van der Waals surface area contributed by atoms with Crippen molar-refractivity contribution in [1.82, 2.24) is 0 Å².